The van der Waals surface area contributed by atoms with Crippen LogP contribution in [0, 0.1) is 0 Å². The number of ether oxygens (including phenoxy) is 1. The van der Waals surface area contributed by atoms with E-state index in [1.807, 2.05) is 4.68 Å². The lowest BCUT2D eigenvalue weighted by molar-refractivity contribution is -0.109. The Morgan fingerprint density at radius 1 is 1.18 bits per heavy atom. The smallest absolute Gasteiger partial charge is 0.232 e. The highest BCUT2D eigenvalue weighted by Gasteiger charge is 2.17. The Balaban J connectivity index is 0.000000234. The first-order valence-electron chi connectivity index (χ1n) is 12.3. The fraction of sp³-hybridized carbons (Fsp3) is 0.310. The number of hydrogen-bond donors (Lipinski definition) is 2. The Hall–Kier alpha value is -4.27. The van der Waals surface area contributed by atoms with E-state index in [0.717, 1.165) is 12.1 Å². The van der Waals surface area contributed by atoms with Crippen molar-refractivity contribution in [2.75, 3.05) is 13.7 Å². The van der Waals surface area contributed by atoms with Crippen molar-refractivity contribution in [1.82, 2.24) is 25.1 Å². The van der Waals surface area contributed by atoms with Gasteiger partial charge >= 0.3 is 0 Å². The fourth-order valence-electron chi connectivity index (χ4n) is 3.16. The molecule has 4 rings (SSSR count). The molecular weight excluding hydrogens is 483 g/mol. The molecule has 0 unspecified atom stereocenters. The monoisotopic (exact) mass is 520 g/mol. The van der Waals surface area contributed by atoms with Gasteiger partial charge in [-0.2, -0.15) is 5.10 Å². The van der Waals surface area contributed by atoms with Gasteiger partial charge in [-0.1, -0.05) is 50.6 Å². The molecule has 2 aliphatic carbocycles. The Morgan fingerprint density at radius 3 is 2.55 bits per heavy atom. The largest absolute Gasteiger partial charge is 0.472 e. The zero-order valence-electron chi connectivity index (χ0n) is 22.7. The number of halogens is 1. The zero-order chi connectivity index (χ0) is 28.0. The second-order valence-electron chi connectivity index (χ2n) is 9.49. The molecule has 0 aliphatic heterocycles. The van der Waals surface area contributed by atoms with E-state index < -0.39 is 0 Å². The van der Waals surface area contributed by atoms with E-state index in [0.29, 0.717) is 23.6 Å². The second kappa shape index (κ2) is 15.1. The molecule has 0 saturated carbocycles. The van der Waals surface area contributed by atoms with E-state index in [-0.39, 0.29) is 24.3 Å². The van der Waals surface area contributed by atoms with E-state index in [1.54, 1.807) is 31.5 Å². The molecule has 1 amide bonds. The topological polar surface area (TPSA) is 108 Å². The minimum atomic E-state index is -0.245. The molecule has 2 aromatic rings. The quantitative estimate of drug-likeness (QED) is 0.527. The summed E-state index contributed by atoms with van der Waals surface area (Å²) in [7, 11) is 1.56. The van der Waals surface area contributed by atoms with E-state index >= 15 is 0 Å². The fourth-order valence-corrected chi connectivity index (χ4v) is 3.16. The van der Waals surface area contributed by atoms with Crippen molar-refractivity contribution < 1.29 is 13.9 Å². The summed E-state index contributed by atoms with van der Waals surface area (Å²) in [6.45, 7) is 8.76. The van der Waals surface area contributed by atoms with Crippen molar-refractivity contribution >= 4 is 12.1 Å². The summed E-state index contributed by atoms with van der Waals surface area (Å²) < 4.78 is 20.9. The number of carbonyl (C=O) groups excluding carboxylic acids is 1. The Labute approximate surface area is 224 Å². The average molecular weight is 521 g/mol. The third-order valence-corrected chi connectivity index (χ3v) is 5.23. The zero-order valence-corrected chi connectivity index (χ0v) is 22.7. The van der Waals surface area contributed by atoms with Crippen LogP contribution >= 0.6 is 0 Å². The number of nitrogens with zero attached hydrogens (tertiary/aromatic N) is 4. The van der Waals surface area contributed by atoms with Crippen LogP contribution in [0.3, 0.4) is 0 Å². The molecule has 0 saturated heterocycles. The van der Waals surface area contributed by atoms with Crippen molar-refractivity contribution in [1.29, 1.82) is 0 Å². The number of allylic oxidation sites excluding steroid dienone is 9. The third kappa shape index (κ3) is 10.4. The van der Waals surface area contributed by atoms with Crippen LogP contribution in [-0.4, -0.2) is 39.8 Å². The lowest BCUT2D eigenvalue weighted by Gasteiger charge is -2.14. The molecule has 0 atom stereocenters. The first-order valence-corrected chi connectivity index (χ1v) is 12.3. The Kier molecular flexibility index (Phi) is 11.9. The van der Waals surface area contributed by atoms with Crippen molar-refractivity contribution in [3.8, 4) is 5.88 Å². The van der Waals surface area contributed by atoms with Crippen LogP contribution in [0.5, 0.6) is 5.88 Å². The van der Waals surface area contributed by atoms with Gasteiger partial charge in [0.1, 0.15) is 12.4 Å². The van der Waals surface area contributed by atoms with Gasteiger partial charge in [0.2, 0.25) is 12.3 Å². The number of amides is 1. The highest BCUT2D eigenvalue weighted by Crippen LogP contribution is 2.22. The number of nitrogens with one attached hydrogen (secondary N) is 1. The molecule has 0 spiro atoms. The summed E-state index contributed by atoms with van der Waals surface area (Å²) in [5.41, 5.74) is 10.3. The van der Waals surface area contributed by atoms with Crippen LogP contribution in [0.15, 0.2) is 96.1 Å². The van der Waals surface area contributed by atoms with Gasteiger partial charge in [-0.3, -0.25) is 9.78 Å². The molecule has 202 valence electrons. The van der Waals surface area contributed by atoms with Gasteiger partial charge in [-0.15, -0.1) is 0 Å². The molecule has 0 fully saturated rings. The first-order chi connectivity index (χ1) is 18.1. The average Bonchev–Trinajstić information content (AvgIpc) is 3.23. The lowest BCUT2D eigenvalue weighted by atomic mass is 9.93. The minimum absolute atomic E-state index is 0.0902. The summed E-state index contributed by atoms with van der Waals surface area (Å²) in [6.07, 6.45) is 21.9. The minimum Gasteiger partial charge on any atom is -0.472 e. The predicted molar refractivity (Wildman–Crippen MR) is 150 cm³/mol. The highest BCUT2D eigenvalue weighted by molar-refractivity contribution is 5.52. The summed E-state index contributed by atoms with van der Waals surface area (Å²) in [5.74, 6) is 0.113. The molecule has 0 radical (unpaired) electrons. The number of rotatable bonds is 5. The SMILES string of the molecule is CC1=CC=C(n2ccc(C(C)(C)C)n2)CC=C1.CNC=O.NC1=CC(COc2cnccn2)=C(F)CC=C1. The number of nitrogens with two attached hydrogens (primary N) is 1. The number of hydrogen-bond acceptors (Lipinski definition) is 6. The van der Waals surface area contributed by atoms with Gasteiger partial charge < -0.3 is 15.8 Å². The van der Waals surface area contributed by atoms with Gasteiger partial charge in [0, 0.05) is 60.9 Å². The molecule has 2 aromatic heterocycles. The van der Waals surface area contributed by atoms with Crippen molar-refractivity contribution in [3.63, 3.8) is 0 Å². The molecule has 38 heavy (non-hydrogen) atoms. The Morgan fingerprint density at radius 2 is 1.92 bits per heavy atom. The van der Waals surface area contributed by atoms with Crippen molar-refractivity contribution in [2.45, 2.75) is 46.0 Å². The highest BCUT2D eigenvalue weighted by atomic mass is 19.1. The summed E-state index contributed by atoms with van der Waals surface area (Å²) in [6, 6.07) is 2.10. The van der Waals surface area contributed by atoms with E-state index in [2.05, 4.69) is 84.6 Å². The molecule has 8 nitrogen and oxygen atoms in total. The van der Waals surface area contributed by atoms with Crippen LogP contribution < -0.4 is 15.8 Å². The van der Waals surface area contributed by atoms with Gasteiger partial charge in [0.25, 0.3) is 0 Å². The molecular formula is C29H37FN6O2. The van der Waals surface area contributed by atoms with Gasteiger partial charge in [-0.25, -0.2) is 14.1 Å². The first kappa shape index (κ1) is 30.0. The van der Waals surface area contributed by atoms with E-state index in [9.17, 15) is 4.39 Å². The van der Waals surface area contributed by atoms with Crippen molar-refractivity contribution in [3.05, 3.63) is 102 Å². The normalized spacial score (nSPS) is 14.8. The van der Waals surface area contributed by atoms with Crippen LogP contribution in [-0.2, 0) is 10.2 Å². The van der Waals surface area contributed by atoms with Crippen LogP contribution in [0.4, 0.5) is 4.39 Å². The third-order valence-electron chi connectivity index (χ3n) is 5.23. The molecule has 3 N–H and O–H groups in total. The lowest BCUT2D eigenvalue weighted by Crippen LogP contribution is -2.12. The predicted octanol–water partition coefficient (Wildman–Crippen LogP) is 5.17. The molecule has 0 aromatic carbocycles. The van der Waals surface area contributed by atoms with Crippen LogP contribution in [0.25, 0.3) is 5.70 Å². The number of carbonyl (C=O) groups is 1. The van der Waals surface area contributed by atoms with Crippen LogP contribution in [0.1, 0.15) is 46.2 Å². The summed E-state index contributed by atoms with van der Waals surface area (Å²) >= 11 is 0. The van der Waals surface area contributed by atoms with E-state index in [4.69, 9.17) is 15.3 Å². The molecule has 2 heterocycles. The standard InChI is InChI=1S/C15H20N2.C12H12FN3O.C2H5NO/c1-12-6-5-7-13(9-8-12)17-11-10-14(16-17)15(2,3)4;13-11-3-1-2-10(14)6-9(11)8-17-12-7-15-4-5-16-12;1-3-2-4/h5-6,8-11H,7H2,1-4H3;1-2,4-7H,3,8,14H2;2H,1H3,(H,3,4). The van der Waals surface area contributed by atoms with Gasteiger partial charge in [0.05, 0.1) is 11.9 Å². The van der Waals surface area contributed by atoms with Crippen LogP contribution in [0.2, 0.25) is 0 Å². The second-order valence-corrected chi connectivity index (χ2v) is 9.49. The molecule has 9 heteroatoms. The maximum atomic E-state index is 13.6. The Bertz CT molecular complexity index is 1230. The van der Waals surface area contributed by atoms with E-state index in [1.165, 1.54) is 23.7 Å². The van der Waals surface area contributed by atoms with Crippen molar-refractivity contribution in [2.24, 2.45) is 5.73 Å². The number of aromatic nitrogens is 4. The maximum Gasteiger partial charge on any atom is 0.232 e. The van der Waals surface area contributed by atoms with Gasteiger partial charge in [0.15, 0.2) is 0 Å². The summed E-state index contributed by atoms with van der Waals surface area (Å²) in [4.78, 5) is 16.8. The summed E-state index contributed by atoms with van der Waals surface area (Å²) in [5, 5.41) is 6.91. The molecule has 0 bridgehead atoms. The maximum absolute atomic E-state index is 13.6. The molecule has 2 aliphatic rings. The van der Waals surface area contributed by atoms with Gasteiger partial charge in [-0.05, 0) is 31.2 Å².